The Kier molecular flexibility index (Phi) is 11.2. The first-order valence-electron chi connectivity index (χ1n) is 11.7. The van der Waals surface area contributed by atoms with Gasteiger partial charge in [0.05, 0.1) is 0 Å². The quantitative estimate of drug-likeness (QED) is 0.321. The van der Waals surface area contributed by atoms with Gasteiger partial charge in [-0.3, -0.25) is 9.79 Å². The van der Waals surface area contributed by atoms with Gasteiger partial charge in [-0.2, -0.15) is 0 Å². The normalized spacial score (nSPS) is 26.1. The van der Waals surface area contributed by atoms with Crippen LogP contribution in [0.4, 0.5) is 0 Å². The number of halogens is 1. The molecular formula is C22H42IN5O2. The summed E-state index contributed by atoms with van der Waals surface area (Å²) in [6.07, 6.45) is 4.24. The minimum atomic E-state index is -0.205. The summed E-state index contributed by atoms with van der Waals surface area (Å²) in [5.41, 5.74) is 0. The molecule has 2 atom stereocenters. The predicted octanol–water partition coefficient (Wildman–Crippen LogP) is 2.26. The Bertz CT molecular complexity index is 546. The van der Waals surface area contributed by atoms with Crippen molar-refractivity contribution in [2.45, 2.75) is 52.6 Å². The molecule has 0 radical (unpaired) electrons. The standard InChI is InChI=1S/C22H41N5O2.HI/c1-4-23-22(24-15-19-7-5-9-25(17-19)16-18(2)3)27-12-10-26(11-13-27)21(28)20-8-6-14-29-20;/h18-20H,4-17H2,1-3H3,(H,23,24);1H. The Morgan fingerprint density at radius 1 is 1.10 bits per heavy atom. The van der Waals surface area contributed by atoms with E-state index in [9.17, 15) is 4.79 Å². The van der Waals surface area contributed by atoms with Crippen molar-refractivity contribution in [1.29, 1.82) is 0 Å². The molecule has 8 heteroatoms. The Labute approximate surface area is 200 Å². The van der Waals surface area contributed by atoms with Crippen molar-refractivity contribution in [3.05, 3.63) is 0 Å². The van der Waals surface area contributed by atoms with E-state index in [4.69, 9.17) is 9.73 Å². The number of nitrogens with one attached hydrogen (secondary N) is 1. The van der Waals surface area contributed by atoms with Gasteiger partial charge in [-0.25, -0.2) is 0 Å². The van der Waals surface area contributed by atoms with E-state index in [1.807, 2.05) is 4.90 Å². The molecule has 0 aliphatic carbocycles. The second-order valence-corrected chi connectivity index (χ2v) is 9.17. The van der Waals surface area contributed by atoms with Gasteiger partial charge in [0.1, 0.15) is 6.10 Å². The Morgan fingerprint density at radius 2 is 1.83 bits per heavy atom. The van der Waals surface area contributed by atoms with Gasteiger partial charge in [0, 0.05) is 59.0 Å². The van der Waals surface area contributed by atoms with Crippen LogP contribution in [0.1, 0.15) is 46.5 Å². The summed E-state index contributed by atoms with van der Waals surface area (Å²) in [4.78, 5) is 24.5. The van der Waals surface area contributed by atoms with E-state index in [0.717, 1.165) is 70.6 Å². The summed E-state index contributed by atoms with van der Waals surface area (Å²) in [5.74, 6) is 2.57. The largest absolute Gasteiger partial charge is 0.368 e. The number of hydrogen-bond donors (Lipinski definition) is 1. The highest BCUT2D eigenvalue weighted by molar-refractivity contribution is 14.0. The first kappa shape index (κ1) is 25.6. The van der Waals surface area contributed by atoms with Crippen LogP contribution in [-0.4, -0.2) is 98.2 Å². The summed E-state index contributed by atoms with van der Waals surface area (Å²) >= 11 is 0. The molecule has 30 heavy (non-hydrogen) atoms. The van der Waals surface area contributed by atoms with Gasteiger partial charge in [0.15, 0.2) is 5.96 Å². The van der Waals surface area contributed by atoms with E-state index in [-0.39, 0.29) is 36.0 Å². The number of piperazine rings is 1. The van der Waals surface area contributed by atoms with Crippen molar-refractivity contribution in [3.63, 3.8) is 0 Å². The number of amides is 1. The number of rotatable bonds is 6. The maximum Gasteiger partial charge on any atom is 0.251 e. The SMILES string of the molecule is CCNC(=NCC1CCCN(CC(C)C)C1)N1CCN(C(=O)C2CCCO2)CC1.I. The summed E-state index contributed by atoms with van der Waals surface area (Å²) in [6.45, 7) is 16.0. The summed E-state index contributed by atoms with van der Waals surface area (Å²) in [7, 11) is 0. The molecule has 3 aliphatic heterocycles. The average molecular weight is 536 g/mol. The van der Waals surface area contributed by atoms with E-state index >= 15 is 0 Å². The first-order chi connectivity index (χ1) is 14.1. The third kappa shape index (κ3) is 7.51. The molecule has 0 spiro atoms. The van der Waals surface area contributed by atoms with Crippen LogP contribution in [0.15, 0.2) is 4.99 Å². The fourth-order valence-electron chi connectivity index (χ4n) is 4.74. The zero-order valence-corrected chi connectivity index (χ0v) is 21.5. The van der Waals surface area contributed by atoms with Crippen molar-refractivity contribution in [2.75, 3.05) is 65.5 Å². The van der Waals surface area contributed by atoms with Crippen molar-refractivity contribution in [3.8, 4) is 0 Å². The van der Waals surface area contributed by atoms with Crippen LogP contribution < -0.4 is 5.32 Å². The number of likely N-dealkylation sites (tertiary alicyclic amines) is 1. The van der Waals surface area contributed by atoms with Crippen LogP contribution >= 0.6 is 24.0 Å². The van der Waals surface area contributed by atoms with Gasteiger partial charge in [0.25, 0.3) is 5.91 Å². The van der Waals surface area contributed by atoms with Gasteiger partial charge < -0.3 is 24.8 Å². The molecule has 3 saturated heterocycles. The lowest BCUT2D eigenvalue weighted by Crippen LogP contribution is -2.55. The highest BCUT2D eigenvalue weighted by Crippen LogP contribution is 2.19. The molecule has 0 aromatic carbocycles. The summed E-state index contributed by atoms with van der Waals surface area (Å²) in [5, 5.41) is 3.47. The smallest absolute Gasteiger partial charge is 0.251 e. The molecule has 3 heterocycles. The lowest BCUT2D eigenvalue weighted by Gasteiger charge is -2.37. The molecule has 0 aromatic rings. The van der Waals surface area contributed by atoms with E-state index in [2.05, 4.69) is 35.9 Å². The first-order valence-corrected chi connectivity index (χ1v) is 11.7. The molecule has 0 saturated carbocycles. The Hall–Kier alpha value is -0.610. The highest BCUT2D eigenvalue weighted by Gasteiger charge is 2.31. The molecule has 1 N–H and O–H groups in total. The molecule has 3 fully saturated rings. The molecule has 3 aliphatic rings. The van der Waals surface area contributed by atoms with Crippen molar-refractivity contribution >= 4 is 35.8 Å². The van der Waals surface area contributed by atoms with E-state index in [0.29, 0.717) is 5.92 Å². The molecule has 3 rings (SSSR count). The molecule has 0 bridgehead atoms. The zero-order valence-electron chi connectivity index (χ0n) is 19.1. The summed E-state index contributed by atoms with van der Waals surface area (Å²) < 4.78 is 5.57. The van der Waals surface area contributed by atoms with E-state index in [1.165, 1.54) is 32.5 Å². The van der Waals surface area contributed by atoms with Crippen LogP contribution in [0.25, 0.3) is 0 Å². The van der Waals surface area contributed by atoms with Gasteiger partial charge in [-0.1, -0.05) is 13.8 Å². The number of piperidine rings is 1. The molecule has 174 valence electrons. The molecule has 0 aromatic heterocycles. The fourth-order valence-corrected chi connectivity index (χ4v) is 4.74. The van der Waals surface area contributed by atoms with Crippen LogP contribution in [0, 0.1) is 11.8 Å². The predicted molar refractivity (Wildman–Crippen MR) is 133 cm³/mol. The number of nitrogens with zero attached hydrogens (tertiary/aromatic N) is 4. The zero-order chi connectivity index (χ0) is 20.6. The number of hydrogen-bond acceptors (Lipinski definition) is 4. The van der Waals surface area contributed by atoms with Gasteiger partial charge >= 0.3 is 0 Å². The topological polar surface area (TPSA) is 60.4 Å². The maximum absolute atomic E-state index is 12.6. The van der Waals surface area contributed by atoms with E-state index in [1.54, 1.807) is 0 Å². The Morgan fingerprint density at radius 3 is 2.47 bits per heavy atom. The second kappa shape index (κ2) is 13.1. The average Bonchev–Trinajstić information content (AvgIpc) is 3.25. The monoisotopic (exact) mass is 535 g/mol. The number of guanidine groups is 1. The minimum Gasteiger partial charge on any atom is -0.368 e. The van der Waals surface area contributed by atoms with Crippen LogP contribution in [0.3, 0.4) is 0 Å². The van der Waals surface area contributed by atoms with Gasteiger partial charge in [-0.05, 0) is 51.0 Å². The van der Waals surface area contributed by atoms with Crippen LogP contribution in [0.5, 0.6) is 0 Å². The minimum absolute atomic E-state index is 0. The number of ether oxygens (including phenoxy) is 1. The van der Waals surface area contributed by atoms with Crippen molar-refractivity contribution < 1.29 is 9.53 Å². The molecular weight excluding hydrogens is 493 g/mol. The molecule has 7 nitrogen and oxygen atoms in total. The molecule has 1 amide bonds. The maximum atomic E-state index is 12.6. The molecule has 2 unspecified atom stereocenters. The number of carbonyl (C=O) groups excluding carboxylic acids is 1. The Balaban J connectivity index is 0.00000320. The van der Waals surface area contributed by atoms with Crippen LogP contribution in [-0.2, 0) is 9.53 Å². The third-order valence-electron chi connectivity index (χ3n) is 6.16. The van der Waals surface area contributed by atoms with Gasteiger partial charge in [-0.15, -0.1) is 24.0 Å². The summed E-state index contributed by atoms with van der Waals surface area (Å²) in [6, 6.07) is 0. The second-order valence-electron chi connectivity index (χ2n) is 9.17. The van der Waals surface area contributed by atoms with Gasteiger partial charge in [0.2, 0.25) is 0 Å². The third-order valence-corrected chi connectivity index (χ3v) is 6.16. The van der Waals surface area contributed by atoms with Crippen LogP contribution in [0.2, 0.25) is 0 Å². The lowest BCUT2D eigenvalue weighted by molar-refractivity contribution is -0.142. The highest BCUT2D eigenvalue weighted by atomic mass is 127. The van der Waals surface area contributed by atoms with Crippen molar-refractivity contribution in [1.82, 2.24) is 20.0 Å². The van der Waals surface area contributed by atoms with E-state index < -0.39 is 0 Å². The number of aliphatic imine (C=N–C) groups is 1. The van der Waals surface area contributed by atoms with Crippen molar-refractivity contribution in [2.24, 2.45) is 16.8 Å². The lowest BCUT2D eigenvalue weighted by atomic mass is 9.97. The number of carbonyl (C=O) groups is 1. The fraction of sp³-hybridized carbons (Fsp3) is 0.909.